The summed E-state index contributed by atoms with van der Waals surface area (Å²) in [5.41, 5.74) is 5.61. The van der Waals surface area contributed by atoms with Gasteiger partial charge in [0, 0.05) is 12.6 Å². The Bertz CT molecular complexity index is 264. The number of aliphatic imine (C=N–C) groups is 1. The second-order valence-electron chi connectivity index (χ2n) is 4.65. The van der Waals surface area contributed by atoms with E-state index in [1.165, 1.54) is 0 Å². The summed E-state index contributed by atoms with van der Waals surface area (Å²) < 4.78 is 0. The summed E-state index contributed by atoms with van der Waals surface area (Å²) in [4.78, 5) is 15.3. The van der Waals surface area contributed by atoms with Crippen molar-refractivity contribution < 1.29 is 4.79 Å². The number of hydrogen-bond donors (Lipinski definition) is 3. The van der Waals surface area contributed by atoms with Crippen LogP contribution in [-0.4, -0.2) is 31.0 Å². The molecule has 0 bridgehead atoms. The number of halogens is 1. The van der Waals surface area contributed by atoms with E-state index in [0.29, 0.717) is 17.9 Å². The SMILES string of the molecule is CC(C)CCNC(N)=NCC(=O)NC1CC1.I. The Morgan fingerprint density at radius 3 is 2.65 bits per heavy atom. The van der Waals surface area contributed by atoms with Gasteiger partial charge in [-0.25, -0.2) is 4.99 Å². The van der Waals surface area contributed by atoms with Gasteiger partial charge in [-0.2, -0.15) is 0 Å². The summed E-state index contributed by atoms with van der Waals surface area (Å²) in [5, 5.41) is 5.84. The van der Waals surface area contributed by atoms with Crippen molar-refractivity contribution in [1.82, 2.24) is 10.6 Å². The number of amides is 1. The molecule has 1 aliphatic rings. The number of guanidine groups is 1. The van der Waals surface area contributed by atoms with Crippen LogP contribution in [0.5, 0.6) is 0 Å². The monoisotopic (exact) mass is 354 g/mol. The molecule has 0 radical (unpaired) electrons. The fraction of sp³-hybridized carbons (Fsp3) is 0.818. The van der Waals surface area contributed by atoms with Crippen molar-refractivity contribution in [3.63, 3.8) is 0 Å². The normalized spacial score (nSPS) is 15.4. The molecule has 0 aromatic heterocycles. The zero-order chi connectivity index (χ0) is 12.0. The lowest BCUT2D eigenvalue weighted by Crippen LogP contribution is -2.35. The molecule has 1 rings (SSSR count). The zero-order valence-corrected chi connectivity index (χ0v) is 12.9. The van der Waals surface area contributed by atoms with Crippen LogP contribution < -0.4 is 16.4 Å². The van der Waals surface area contributed by atoms with Crippen LogP contribution in [0.3, 0.4) is 0 Å². The van der Waals surface area contributed by atoms with Gasteiger partial charge >= 0.3 is 0 Å². The number of hydrogen-bond acceptors (Lipinski definition) is 2. The van der Waals surface area contributed by atoms with E-state index in [1.54, 1.807) is 0 Å². The number of nitrogens with two attached hydrogens (primary N) is 1. The highest BCUT2D eigenvalue weighted by atomic mass is 127. The maximum absolute atomic E-state index is 11.3. The molecule has 0 spiro atoms. The Labute approximate surface area is 120 Å². The molecule has 0 aliphatic heterocycles. The second-order valence-corrected chi connectivity index (χ2v) is 4.65. The molecule has 0 aromatic rings. The minimum atomic E-state index is -0.0453. The van der Waals surface area contributed by atoms with Crippen LogP contribution in [-0.2, 0) is 4.79 Å². The Hall–Kier alpha value is -0.530. The lowest BCUT2D eigenvalue weighted by Gasteiger charge is -2.07. The predicted octanol–water partition coefficient (Wildman–Crippen LogP) is 0.833. The molecule has 6 heteroatoms. The summed E-state index contributed by atoms with van der Waals surface area (Å²) in [6.07, 6.45) is 3.24. The van der Waals surface area contributed by atoms with E-state index in [1.807, 2.05) is 0 Å². The zero-order valence-electron chi connectivity index (χ0n) is 10.5. The molecule has 100 valence electrons. The number of nitrogens with zero attached hydrogens (tertiary/aromatic N) is 1. The largest absolute Gasteiger partial charge is 0.370 e. The molecule has 1 fully saturated rings. The molecular formula is C11H23IN4O. The van der Waals surface area contributed by atoms with Crippen LogP contribution in [0, 0.1) is 5.92 Å². The van der Waals surface area contributed by atoms with Gasteiger partial charge < -0.3 is 16.4 Å². The maximum atomic E-state index is 11.3. The molecule has 1 amide bonds. The van der Waals surface area contributed by atoms with E-state index in [4.69, 9.17) is 5.73 Å². The highest BCUT2D eigenvalue weighted by Gasteiger charge is 2.22. The van der Waals surface area contributed by atoms with E-state index in [0.717, 1.165) is 25.8 Å². The summed E-state index contributed by atoms with van der Waals surface area (Å²) >= 11 is 0. The highest BCUT2D eigenvalue weighted by molar-refractivity contribution is 14.0. The van der Waals surface area contributed by atoms with Crippen LogP contribution in [0.1, 0.15) is 33.1 Å². The Morgan fingerprint density at radius 2 is 2.12 bits per heavy atom. The predicted molar refractivity (Wildman–Crippen MR) is 80.5 cm³/mol. The van der Waals surface area contributed by atoms with Crippen molar-refractivity contribution in [1.29, 1.82) is 0 Å². The molecule has 0 aromatic carbocycles. The van der Waals surface area contributed by atoms with E-state index in [9.17, 15) is 4.79 Å². The number of carbonyl (C=O) groups excluding carboxylic acids is 1. The van der Waals surface area contributed by atoms with Crippen molar-refractivity contribution in [2.24, 2.45) is 16.6 Å². The van der Waals surface area contributed by atoms with Crippen LogP contribution in [0.25, 0.3) is 0 Å². The third-order valence-corrected chi connectivity index (χ3v) is 2.36. The van der Waals surface area contributed by atoms with Gasteiger partial charge in [-0.15, -0.1) is 24.0 Å². The Balaban J connectivity index is 0.00000256. The van der Waals surface area contributed by atoms with Gasteiger partial charge in [0.2, 0.25) is 5.91 Å². The van der Waals surface area contributed by atoms with Crippen molar-refractivity contribution in [3.05, 3.63) is 0 Å². The average molecular weight is 354 g/mol. The lowest BCUT2D eigenvalue weighted by atomic mass is 10.1. The molecule has 5 nitrogen and oxygen atoms in total. The molecule has 17 heavy (non-hydrogen) atoms. The highest BCUT2D eigenvalue weighted by Crippen LogP contribution is 2.18. The first-order valence-corrected chi connectivity index (χ1v) is 5.91. The summed E-state index contributed by atoms with van der Waals surface area (Å²) in [5.74, 6) is 0.946. The van der Waals surface area contributed by atoms with Gasteiger partial charge in [0.1, 0.15) is 6.54 Å². The summed E-state index contributed by atoms with van der Waals surface area (Å²) in [6.45, 7) is 5.23. The first-order valence-electron chi connectivity index (χ1n) is 5.91. The third-order valence-electron chi connectivity index (χ3n) is 2.36. The van der Waals surface area contributed by atoms with Crippen LogP contribution in [0.15, 0.2) is 4.99 Å². The van der Waals surface area contributed by atoms with Crippen molar-refractivity contribution in [3.8, 4) is 0 Å². The number of rotatable bonds is 6. The van der Waals surface area contributed by atoms with E-state index >= 15 is 0 Å². The number of carbonyl (C=O) groups is 1. The molecular weight excluding hydrogens is 331 g/mol. The minimum absolute atomic E-state index is 0. The molecule has 1 aliphatic carbocycles. The van der Waals surface area contributed by atoms with Gasteiger partial charge in [-0.1, -0.05) is 13.8 Å². The van der Waals surface area contributed by atoms with Gasteiger partial charge in [0.25, 0.3) is 0 Å². The molecule has 0 atom stereocenters. The van der Waals surface area contributed by atoms with Gasteiger partial charge in [-0.3, -0.25) is 4.79 Å². The Morgan fingerprint density at radius 1 is 1.47 bits per heavy atom. The average Bonchev–Trinajstić information content (AvgIpc) is 2.98. The molecule has 1 saturated carbocycles. The Kier molecular flexibility index (Phi) is 8.28. The van der Waals surface area contributed by atoms with E-state index in [-0.39, 0.29) is 36.4 Å². The van der Waals surface area contributed by atoms with E-state index < -0.39 is 0 Å². The van der Waals surface area contributed by atoms with Gasteiger partial charge in [-0.05, 0) is 25.2 Å². The topological polar surface area (TPSA) is 79.5 Å². The lowest BCUT2D eigenvalue weighted by molar-refractivity contribution is -0.119. The summed E-state index contributed by atoms with van der Waals surface area (Å²) in [6, 6.07) is 0.387. The fourth-order valence-corrected chi connectivity index (χ4v) is 1.20. The standard InChI is InChI=1S/C11H22N4O.HI/c1-8(2)5-6-13-11(12)14-7-10(16)15-9-3-4-9;/h8-9H,3-7H2,1-2H3,(H,15,16)(H3,12,13,14);1H. The van der Waals surface area contributed by atoms with Crippen LogP contribution in [0.2, 0.25) is 0 Å². The van der Waals surface area contributed by atoms with Crippen molar-refractivity contribution in [2.45, 2.75) is 39.2 Å². The van der Waals surface area contributed by atoms with Crippen molar-refractivity contribution in [2.75, 3.05) is 13.1 Å². The first kappa shape index (κ1) is 16.5. The van der Waals surface area contributed by atoms with Crippen LogP contribution >= 0.6 is 24.0 Å². The molecule has 0 saturated heterocycles. The van der Waals surface area contributed by atoms with Crippen LogP contribution in [0.4, 0.5) is 0 Å². The van der Waals surface area contributed by atoms with E-state index in [2.05, 4.69) is 29.5 Å². The van der Waals surface area contributed by atoms with Gasteiger partial charge in [0.15, 0.2) is 5.96 Å². The smallest absolute Gasteiger partial charge is 0.242 e. The van der Waals surface area contributed by atoms with Gasteiger partial charge in [0.05, 0.1) is 0 Å². The maximum Gasteiger partial charge on any atom is 0.242 e. The molecule has 0 unspecified atom stereocenters. The molecule has 4 N–H and O–H groups in total. The third kappa shape index (κ3) is 9.20. The summed E-state index contributed by atoms with van der Waals surface area (Å²) in [7, 11) is 0. The quantitative estimate of drug-likeness (QED) is 0.376. The minimum Gasteiger partial charge on any atom is -0.370 e. The second kappa shape index (κ2) is 8.54. The fourth-order valence-electron chi connectivity index (χ4n) is 1.20. The first-order chi connectivity index (χ1) is 7.58. The molecule has 0 heterocycles. The number of nitrogens with one attached hydrogen (secondary N) is 2. The van der Waals surface area contributed by atoms with Crippen molar-refractivity contribution >= 4 is 35.8 Å².